The van der Waals surface area contributed by atoms with Gasteiger partial charge in [0.05, 0.1) is 20.8 Å². The van der Waals surface area contributed by atoms with Crippen LogP contribution in [-0.2, 0) is 13.0 Å². The number of likely N-dealkylation sites (N-methyl/N-ethyl adjacent to an activating group) is 1. The third-order valence-electron chi connectivity index (χ3n) is 6.02. The van der Waals surface area contributed by atoms with Crippen LogP contribution >= 0.6 is 0 Å². The predicted octanol–water partition coefficient (Wildman–Crippen LogP) is 3.21. The van der Waals surface area contributed by atoms with E-state index >= 15 is 0 Å². The molecule has 1 saturated heterocycles. The highest BCUT2D eigenvalue weighted by Crippen LogP contribution is 2.28. The van der Waals surface area contributed by atoms with Crippen molar-refractivity contribution in [2.45, 2.75) is 31.8 Å². The predicted molar refractivity (Wildman–Crippen MR) is 123 cm³/mol. The van der Waals surface area contributed by atoms with E-state index in [4.69, 9.17) is 19.3 Å². The molecule has 1 fully saturated rings. The minimum absolute atomic E-state index is 0.0327. The monoisotopic (exact) mass is 428 g/mol. The summed E-state index contributed by atoms with van der Waals surface area (Å²) in [5, 5.41) is 9.07. The van der Waals surface area contributed by atoms with Gasteiger partial charge in [-0.1, -0.05) is 24.3 Å². The van der Waals surface area contributed by atoms with Crippen LogP contribution in [0, 0.1) is 0 Å². The average Bonchev–Trinajstić information content (AvgIpc) is 2.82. The maximum Gasteiger partial charge on any atom is 0.160 e. The van der Waals surface area contributed by atoms with Crippen molar-refractivity contribution in [3.63, 3.8) is 0 Å². The molecule has 1 atom stereocenters. The second-order valence-electron chi connectivity index (χ2n) is 8.13. The molecule has 0 bridgehead atoms. The summed E-state index contributed by atoms with van der Waals surface area (Å²) in [5.74, 6) is 2.43. The van der Waals surface area contributed by atoms with Crippen molar-refractivity contribution < 1.29 is 19.3 Å². The molecule has 0 aliphatic carbocycles. The van der Waals surface area contributed by atoms with Crippen LogP contribution in [0.5, 0.6) is 17.2 Å². The normalized spacial score (nSPS) is 17.0. The smallest absolute Gasteiger partial charge is 0.160 e. The van der Waals surface area contributed by atoms with Gasteiger partial charge in [-0.3, -0.25) is 4.90 Å². The molecule has 1 N–H and O–H groups in total. The van der Waals surface area contributed by atoms with Crippen LogP contribution in [0.1, 0.15) is 24.0 Å². The fourth-order valence-corrected chi connectivity index (χ4v) is 4.23. The molecule has 0 unspecified atom stereocenters. The molecule has 170 valence electrons. The number of nitrogens with zero attached hydrogens (tertiary/aromatic N) is 2. The molecule has 1 heterocycles. The van der Waals surface area contributed by atoms with Gasteiger partial charge >= 0.3 is 0 Å². The Bertz CT molecular complexity index is 814. The molecule has 0 saturated carbocycles. The van der Waals surface area contributed by atoms with Gasteiger partial charge in [0, 0.05) is 31.2 Å². The van der Waals surface area contributed by atoms with Crippen molar-refractivity contribution in [3.8, 4) is 17.2 Å². The van der Waals surface area contributed by atoms with E-state index < -0.39 is 0 Å². The zero-order chi connectivity index (χ0) is 22.1. The fraction of sp³-hybridized carbons (Fsp3) is 0.520. The lowest BCUT2D eigenvalue weighted by Crippen LogP contribution is -2.46. The number of aliphatic hydroxyl groups excluding tert-OH is 1. The summed E-state index contributed by atoms with van der Waals surface area (Å²) in [5.41, 5.74) is 2.44. The molecule has 0 amide bonds. The molecule has 0 aromatic heterocycles. The van der Waals surface area contributed by atoms with E-state index in [1.54, 1.807) is 14.2 Å². The number of methoxy groups -OCH3 is 2. The Morgan fingerprint density at radius 2 is 1.87 bits per heavy atom. The van der Waals surface area contributed by atoms with E-state index in [1.807, 2.05) is 18.2 Å². The maximum absolute atomic E-state index is 9.07. The van der Waals surface area contributed by atoms with E-state index in [9.17, 15) is 0 Å². The van der Waals surface area contributed by atoms with Crippen LogP contribution in [-0.4, -0.2) is 75.1 Å². The highest BCUT2D eigenvalue weighted by atomic mass is 16.5. The zero-order valence-corrected chi connectivity index (χ0v) is 19.0. The first-order valence-corrected chi connectivity index (χ1v) is 11.1. The summed E-state index contributed by atoms with van der Waals surface area (Å²) < 4.78 is 16.5. The van der Waals surface area contributed by atoms with Crippen molar-refractivity contribution in [1.29, 1.82) is 0 Å². The Kier molecular flexibility index (Phi) is 9.00. The molecule has 6 heteroatoms. The van der Waals surface area contributed by atoms with Gasteiger partial charge in [-0.25, -0.2) is 0 Å². The Balaban J connectivity index is 1.54. The maximum atomic E-state index is 9.07. The molecular formula is C25H36N2O4. The number of para-hydroxylation sites is 1. The third-order valence-corrected chi connectivity index (χ3v) is 6.02. The first kappa shape index (κ1) is 23.4. The number of aliphatic hydroxyl groups is 1. The zero-order valence-electron chi connectivity index (χ0n) is 19.0. The van der Waals surface area contributed by atoms with E-state index in [-0.39, 0.29) is 6.61 Å². The van der Waals surface area contributed by atoms with Crippen LogP contribution in [0.25, 0.3) is 0 Å². The molecule has 0 spiro atoms. The molecule has 0 radical (unpaired) electrons. The Labute approximate surface area is 186 Å². The fourth-order valence-electron chi connectivity index (χ4n) is 4.23. The molecular weight excluding hydrogens is 392 g/mol. The summed E-state index contributed by atoms with van der Waals surface area (Å²) in [6.45, 7) is 4.40. The van der Waals surface area contributed by atoms with Gasteiger partial charge in [-0.05, 0) is 56.6 Å². The lowest BCUT2D eigenvalue weighted by atomic mass is 10.0. The van der Waals surface area contributed by atoms with Crippen LogP contribution in [0.2, 0.25) is 0 Å². The Morgan fingerprint density at radius 1 is 1.06 bits per heavy atom. The summed E-state index contributed by atoms with van der Waals surface area (Å²) in [4.78, 5) is 5.00. The van der Waals surface area contributed by atoms with Crippen LogP contribution < -0.4 is 14.2 Å². The largest absolute Gasteiger partial charge is 0.493 e. The summed E-state index contributed by atoms with van der Waals surface area (Å²) in [7, 11) is 5.57. The van der Waals surface area contributed by atoms with Gasteiger partial charge in [0.1, 0.15) is 12.4 Å². The number of benzene rings is 2. The minimum atomic E-state index is 0.0327. The first-order chi connectivity index (χ1) is 15.1. The number of ether oxygens (including phenoxy) is 3. The minimum Gasteiger partial charge on any atom is -0.493 e. The average molecular weight is 429 g/mol. The molecule has 6 nitrogen and oxygen atoms in total. The lowest BCUT2D eigenvalue weighted by Gasteiger charge is -2.38. The summed E-state index contributed by atoms with van der Waals surface area (Å²) in [6, 6.07) is 14.9. The van der Waals surface area contributed by atoms with Crippen LogP contribution in [0.3, 0.4) is 0 Å². The second kappa shape index (κ2) is 11.9. The number of rotatable bonds is 11. The number of piperidine rings is 1. The van der Waals surface area contributed by atoms with Crippen molar-refractivity contribution >= 4 is 0 Å². The quantitative estimate of drug-likeness (QED) is 0.593. The van der Waals surface area contributed by atoms with Gasteiger partial charge in [0.2, 0.25) is 0 Å². The lowest BCUT2D eigenvalue weighted by molar-refractivity contribution is 0.111. The summed E-state index contributed by atoms with van der Waals surface area (Å²) >= 11 is 0. The molecule has 3 rings (SSSR count). The van der Waals surface area contributed by atoms with E-state index in [0.29, 0.717) is 12.6 Å². The van der Waals surface area contributed by atoms with E-state index in [2.05, 4.69) is 41.1 Å². The Hall–Kier alpha value is -2.28. The van der Waals surface area contributed by atoms with Crippen molar-refractivity contribution in [2.24, 2.45) is 0 Å². The molecule has 2 aromatic carbocycles. The third kappa shape index (κ3) is 6.60. The second-order valence-corrected chi connectivity index (χ2v) is 8.13. The van der Waals surface area contributed by atoms with Crippen LogP contribution in [0.15, 0.2) is 42.5 Å². The standard InChI is InChI=1S/C25H36N2O4/c1-26(14-12-20-10-11-24(29-2)25(17-20)30-3)22-8-6-13-27(19-22)18-21-7-4-5-9-23(21)31-16-15-28/h4-5,7,9-11,17,22,28H,6,8,12-16,18-19H2,1-3H3/t22-/m1/s1. The molecule has 1 aliphatic rings. The molecule has 31 heavy (non-hydrogen) atoms. The van der Waals surface area contributed by atoms with E-state index in [0.717, 1.165) is 49.8 Å². The van der Waals surface area contributed by atoms with Gasteiger partial charge in [0.15, 0.2) is 11.5 Å². The topological polar surface area (TPSA) is 54.4 Å². The van der Waals surface area contributed by atoms with Crippen molar-refractivity contribution in [2.75, 3.05) is 54.1 Å². The van der Waals surface area contributed by atoms with Crippen molar-refractivity contribution in [1.82, 2.24) is 9.80 Å². The number of hydrogen-bond donors (Lipinski definition) is 1. The van der Waals surface area contributed by atoms with Crippen LogP contribution in [0.4, 0.5) is 0 Å². The van der Waals surface area contributed by atoms with Gasteiger partial charge in [0.25, 0.3) is 0 Å². The number of hydrogen-bond acceptors (Lipinski definition) is 6. The van der Waals surface area contributed by atoms with Gasteiger partial charge in [-0.2, -0.15) is 0 Å². The number of likely N-dealkylation sites (tertiary alicyclic amines) is 1. The molecule has 1 aliphatic heterocycles. The van der Waals surface area contributed by atoms with Crippen molar-refractivity contribution in [3.05, 3.63) is 53.6 Å². The van der Waals surface area contributed by atoms with E-state index in [1.165, 1.54) is 24.0 Å². The Morgan fingerprint density at radius 3 is 2.65 bits per heavy atom. The summed E-state index contributed by atoms with van der Waals surface area (Å²) in [6.07, 6.45) is 3.40. The molecule has 2 aromatic rings. The highest BCUT2D eigenvalue weighted by Gasteiger charge is 2.24. The first-order valence-electron chi connectivity index (χ1n) is 11.1. The van der Waals surface area contributed by atoms with Gasteiger partial charge in [-0.15, -0.1) is 0 Å². The SMILES string of the molecule is COc1ccc(CCN(C)[C@@H]2CCCN(Cc3ccccc3OCCO)C2)cc1OC. The highest BCUT2D eigenvalue weighted by molar-refractivity contribution is 5.43. The van der Waals surface area contributed by atoms with Gasteiger partial charge < -0.3 is 24.2 Å².